The van der Waals surface area contributed by atoms with Crippen LogP contribution in [0.3, 0.4) is 0 Å². The zero-order valence-electron chi connectivity index (χ0n) is 16.0. The lowest BCUT2D eigenvalue weighted by Gasteiger charge is -2.37. The third kappa shape index (κ3) is 4.11. The Balaban J connectivity index is 1.32. The van der Waals surface area contributed by atoms with E-state index in [2.05, 4.69) is 15.2 Å². The van der Waals surface area contributed by atoms with Crippen molar-refractivity contribution in [3.8, 4) is 0 Å². The number of aromatic nitrogens is 3. The molecule has 1 aromatic heterocycles. The Hall–Kier alpha value is -1.43. The standard InChI is InChI=1S/C20H33N5O/c26-20(24-12-6-3-7-13-24)19-16-25(22-21-19)18-10-14-23(15-11-18)17-8-4-1-2-5-9-17/h16-18H,1-15H2. The molecule has 2 aliphatic heterocycles. The number of amides is 1. The zero-order valence-corrected chi connectivity index (χ0v) is 16.0. The van der Waals surface area contributed by atoms with Gasteiger partial charge in [-0.25, -0.2) is 4.68 Å². The summed E-state index contributed by atoms with van der Waals surface area (Å²) in [4.78, 5) is 17.2. The van der Waals surface area contributed by atoms with Gasteiger partial charge in [0.1, 0.15) is 0 Å². The summed E-state index contributed by atoms with van der Waals surface area (Å²) in [5, 5.41) is 8.50. The number of carbonyl (C=O) groups is 1. The molecule has 0 aromatic carbocycles. The number of rotatable bonds is 3. The van der Waals surface area contributed by atoms with E-state index in [4.69, 9.17) is 0 Å². The number of carbonyl (C=O) groups excluding carboxylic acids is 1. The first kappa shape index (κ1) is 18.0. The van der Waals surface area contributed by atoms with Gasteiger partial charge in [0, 0.05) is 32.2 Å². The fraction of sp³-hybridized carbons (Fsp3) is 0.850. The van der Waals surface area contributed by atoms with Crippen molar-refractivity contribution in [2.24, 2.45) is 0 Å². The number of likely N-dealkylation sites (tertiary alicyclic amines) is 2. The minimum atomic E-state index is 0.0619. The summed E-state index contributed by atoms with van der Waals surface area (Å²) in [6.45, 7) is 4.05. The van der Waals surface area contributed by atoms with Crippen molar-refractivity contribution in [2.45, 2.75) is 82.7 Å². The monoisotopic (exact) mass is 359 g/mol. The third-order valence-electron chi connectivity index (χ3n) is 6.59. The molecular formula is C20H33N5O. The van der Waals surface area contributed by atoms with Crippen LogP contribution in [-0.4, -0.2) is 62.9 Å². The Morgan fingerprint density at radius 2 is 1.46 bits per heavy atom. The number of hydrogen-bond donors (Lipinski definition) is 0. The molecule has 0 atom stereocenters. The second kappa shape index (κ2) is 8.51. The van der Waals surface area contributed by atoms with Crippen LogP contribution in [0.5, 0.6) is 0 Å². The Morgan fingerprint density at radius 3 is 2.15 bits per heavy atom. The minimum Gasteiger partial charge on any atom is -0.337 e. The van der Waals surface area contributed by atoms with E-state index in [9.17, 15) is 4.79 Å². The lowest BCUT2D eigenvalue weighted by molar-refractivity contribution is 0.0718. The Bertz CT molecular complexity index is 579. The fourth-order valence-electron chi connectivity index (χ4n) is 4.95. The van der Waals surface area contributed by atoms with Gasteiger partial charge in [-0.05, 0) is 44.9 Å². The maximum absolute atomic E-state index is 12.6. The van der Waals surface area contributed by atoms with Crippen LogP contribution in [0.2, 0.25) is 0 Å². The van der Waals surface area contributed by atoms with Crippen molar-refractivity contribution in [3.05, 3.63) is 11.9 Å². The second-order valence-corrected chi connectivity index (χ2v) is 8.35. The van der Waals surface area contributed by atoms with Gasteiger partial charge in [0.2, 0.25) is 0 Å². The first-order valence-electron chi connectivity index (χ1n) is 10.8. The predicted molar refractivity (Wildman–Crippen MR) is 101 cm³/mol. The molecule has 1 amide bonds. The van der Waals surface area contributed by atoms with Crippen LogP contribution in [0, 0.1) is 0 Å². The topological polar surface area (TPSA) is 54.3 Å². The van der Waals surface area contributed by atoms with Gasteiger partial charge in [-0.2, -0.15) is 0 Å². The van der Waals surface area contributed by atoms with E-state index in [1.807, 2.05) is 15.8 Å². The molecule has 0 spiro atoms. The SMILES string of the molecule is O=C(c1cn(C2CCN(C3CCCCCC3)CC2)nn1)N1CCCCC1. The van der Waals surface area contributed by atoms with Crippen LogP contribution in [0.25, 0.3) is 0 Å². The molecule has 2 saturated heterocycles. The molecule has 0 N–H and O–H groups in total. The molecule has 6 heteroatoms. The second-order valence-electron chi connectivity index (χ2n) is 8.35. The average molecular weight is 360 g/mol. The molecule has 0 unspecified atom stereocenters. The van der Waals surface area contributed by atoms with E-state index >= 15 is 0 Å². The lowest BCUT2D eigenvalue weighted by Crippen LogP contribution is -2.41. The van der Waals surface area contributed by atoms with Gasteiger partial charge >= 0.3 is 0 Å². The molecule has 4 rings (SSSR count). The van der Waals surface area contributed by atoms with Crippen molar-refractivity contribution in [1.82, 2.24) is 24.8 Å². The Morgan fingerprint density at radius 1 is 0.808 bits per heavy atom. The van der Waals surface area contributed by atoms with Gasteiger partial charge in [-0.1, -0.05) is 30.9 Å². The normalized spacial score (nSPS) is 24.5. The molecule has 3 fully saturated rings. The maximum atomic E-state index is 12.6. The van der Waals surface area contributed by atoms with Crippen LogP contribution >= 0.6 is 0 Å². The smallest absolute Gasteiger partial charge is 0.276 e. The summed E-state index contributed by atoms with van der Waals surface area (Å²) in [6.07, 6.45) is 16.0. The minimum absolute atomic E-state index is 0.0619. The van der Waals surface area contributed by atoms with Crippen molar-refractivity contribution in [1.29, 1.82) is 0 Å². The van der Waals surface area contributed by atoms with E-state index < -0.39 is 0 Å². The van der Waals surface area contributed by atoms with E-state index in [1.54, 1.807) is 0 Å². The first-order chi connectivity index (χ1) is 12.8. The highest BCUT2D eigenvalue weighted by Gasteiger charge is 2.28. The highest BCUT2D eigenvalue weighted by Crippen LogP contribution is 2.28. The molecule has 1 saturated carbocycles. The lowest BCUT2D eigenvalue weighted by atomic mass is 10.00. The summed E-state index contributed by atoms with van der Waals surface area (Å²) >= 11 is 0. The van der Waals surface area contributed by atoms with Gasteiger partial charge in [-0.3, -0.25) is 4.79 Å². The molecule has 1 aliphatic carbocycles. The molecule has 0 radical (unpaired) electrons. The van der Waals surface area contributed by atoms with Gasteiger partial charge in [0.15, 0.2) is 5.69 Å². The largest absolute Gasteiger partial charge is 0.337 e. The summed E-state index contributed by atoms with van der Waals surface area (Å²) in [7, 11) is 0. The predicted octanol–water partition coefficient (Wildman–Crippen LogP) is 3.26. The summed E-state index contributed by atoms with van der Waals surface area (Å²) in [5.74, 6) is 0.0619. The highest BCUT2D eigenvalue weighted by atomic mass is 16.2. The summed E-state index contributed by atoms with van der Waals surface area (Å²) in [6, 6.07) is 1.19. The van der Waals surface area contributed by atoms with Crippen molar-refractivity contribution >= 4 is 5.91 Å². The molecule has 0 bridgehead atoms. The summed E-state index contributed by atoms with van der Waals surface area (Å²) < 4.78 is 1.96. The molecule has 3 aliphatic rings. The molecule has 1 aromatic rings. The summed E-state index contributed by atoms with van der Waals surface area (Å²) in [5.41, 5.74) is 0.526. The van der Waals surface area contributed by atoms with Gasteiger partial charge in [0.25, 0.3) is 5.91 Å². The van der Waals surface area contributed by atoms with Crippen LogP contribution in [0.15, 0.2) is 6.20 Å². The van der Waals surface area contributed by atoms with Crippen LogP contribution in [0.1, 0.15) is 87.2 Å². The number of nitrogens with zero attached hydrogens (tertiary/aromatic N) is 5. The molecule has 144 valence electrons. The van der Waals surface area contributed by atoms with Crippen molar-refractivity contribution in [3.63, 3.8) is 0 Å². The van der Waals surface area contributed by atoms with Gasteiger partial charge in [-0.15, -0.1) is 5.10 Å². The molecular weight excluding hydrogens is 326 g/mol. The van der Waals surface area contributed by atoms with Gasteiger partial charge < -0.3 is 9.80 Å². The van der Waals surface area contributed by atoms with E-state index in [0.29, 0.717) is 11.7 Å². The fourth-order valence-corrected chi connectivity index (χ4v) is 4.95. The van der Waals surface area contributed by atoms with Crippen LogP contribution in [0.4, 0.5) is 0 Å². The molecule has 26 heavy (non-hydrogen) atoms. The van der Waals surface area contributed by atoms with Gasteiger partial charge in [0.05, 0.1) is 12.2 Å². The van der Waals surface area contributed by atoms with E-state index in [-0.39, 0.29) is 5.91 Å². The molecule has 6 nitrogen and oxygen atoms in total. The van der Waals surface area contributed by atoms with E-state index in [1.165, 1.54) is 44.9 Å². The van der Waals surface area contributed by atoms with Crippen LogP contribution in [-0.2, 0) is 0 Å². The average Bonchev–Trinajstić information content (AvgIpc) is 3.04. The van der Waals surface area contributed by atoms with Crippen molar-refractivity contribution < 1.29 is 4.79 Å². The maximum Gasteiger partial charge on any atom is 0.276 e. The Kier molecular flexibility index (Phi) is 5.88. The first-order valence-corrected chi connectivity index (χ1v) is 10.8. The van der Waals surface area contributed by atoms with Crippen molar-refractivity contribution in [2.75, 3.05) is 26.2 Å². The molecule has 3 heterocycles. The third-order valence-corrected chi connectivity index (χ3v) is 6.59. The Labute approximate surface area is 156 Å². The zero-order chi connectivity index (χ0) is 17.8. The van der Waals surface area contributed by atoms with E-state index in [0.717, 1.165) is 57.9 Å². The van der Waals surface area contributed by atoms with Crippen LogP contribution < -0.4 is 0 Å². The highest BCUT2D eigenvalue weighted by molar-refractivity contribution is 5.91. The quantitative estimate of drug-likeness (QED) is 0.777. The number of hydrogen-bond acceptors (Lipinski definition) is 4. The number of piperidine rings is 2.